The molecule has 6 heteroatoms. The van der Waals surface area contributed by atoms with Crippen LogP contribution < -0.4 is 4.90 Å². The topological polar surface area (TPSA) is 79.7 Å². The molecular weight excluding hydrogens is 284 g/mol. The molecule has 1 saturated heterocycles. The highest BCUT2D eigenvalue weighted by molar-refractivity contribution is 5.85. The molecule has 22 heavy (non-hydrogen) atoms. The Kier molecular flexibility index (Phi) is 4.68. The number of aromatic carboxylic acids is 1. The van der Waals surface area contributed by atoms with Gasteiger partial charge in [0, 0.05) is 13.1 Å². The normalized spacial score (nSPS) is 16.4. The average Bonchev–Trinajstić information content (AvgIpc) is 2.46. The van der Waals surface area contributed by atoms with E-state index in [0.29, 0.717) is 0 Å². The first-order chi connectivity index (χ1) is 10.3. The molecule has 1 fully saturated rings. The molecule has 0 aliphatic carbocycles. The number of carboxylic acids is 1. The Morgan fingerprint density at radius 1 is 1.27 bits per heavy atom. The molecule has 0 saturated carbocycles. The van der Waals surface area contributed by atoms with Crippen LogP contribution >= 0.6 is 0 Å². The molecule has 0 bridgehead atoms. The van der Waals surface area contributed by atoms with Gasteiger partial charge in [-0.3, -0.25) is 4.79 Å². The van der Waals surface area contributed by atoms with Gasteiger partial charge >= 0.3 is 11.9 Å². The molecule has 2 rings (SSSR count). The lowest BCUT2D eigenvalue weighted by Gasteiger charge is -2.33. The monoisotopic (exact) mass is 306 g/mol. The summed E-state index contributed by atoms with van der Waals surface area (Å²) in [6, 6.07) is 3.25. The number of anilines is 1. The van der Waals surface area contributed by atoms with Crippen molar-refractivity contribution in [2.75, 3.05) is 18.0 Å². The zero-order valence-corrected chi connectivity index (χ0v) is 13.2. The molecule has 120 valence electrons. The van der Waals surface area contributed by atoms with Gasteiger partial charge in [-0.2, -0.15) is 0 Å². The molecular formula is C16H22N2O4. The number of nitrogens with zero attached hydrogens (tertiary/aromatic N) is 2. The van der Waals surface area contributed by atoms with Crippen LogP contribution in [0.4, 0.5) is 5.69 Å². The van der Waals surface area contributed by atoms with Crippen molar-refractivity contribution in [2.24, 2.45) is 5.92 Å². The van der Waals surface area contributed by atoms with E-state index in [1.165, 1.54) is 6.07 Å². The summed E-state index contributed by atoms with van der Waals surface area (Å²) in [5.74, 6) is -1.23. The van der Waals surface area contributed by atoms with E-state index in [1.807, 2.05) is 20.8 Å². The van der Waals surface area contributed by atoms with Crippen LogP contribution in [-0.2, 0) is 9.53 Å². The highest BCUT2D eigenvalue weighted by atomic mass is 16.6. The lowest BCUT2D eigenvalue weighted by atomic mass is 9.96. The number of carbonyl (C=O) groups is 2. The first kappa shape index (κ1) is 16.3. The number of rotatable bonds is 3. The van der Waals surface area contributed by atoms with Gasteiger partial charge in [-0.25, -0.2) is 9.78 Å². The number of ether oxygens (including phenoxy) is 1. The molecule has 0 atom stereocenters. The Morgan fingerprint density at radius 2 is 1.91 bits per heavy atom. The predicted molar refractivity (Wildman–Crippen MR) is 82.0 cm³/mol. The van der Waals surface area contributed by atoms with Crippen LogP contribution in [0.5, 0.6) is 0 Å². The Labute approximate surface area is 130 Å². The van der Waals surface area contributed by atoms with E-state index >= 15 is 0 Å². The van der Waals surface area contributed by atoms with Crippen molar-refractivity contribution in [3.05, 3.63) is 24.0 Å². The Balaban J connectivity index is 1.91. The second-order valence-corrected chi connectivity index (χ2v) is 6.50. The molecule has 0 spiro atoms. The highest BCUT2D eigenvalue weighted by Gasteiger charge is 2.29. The molecule has 1 aromatic rings. The Bertz CT molecular complexity index is 540. The summed E-state index contributed by atoms with van der Waals surface area (Å²) >= 11 is 0. The van der Waals surface area contributed by atoms with E-state index in [0.717, 1.165) is 31.6 Å². The molecule has 1 aromatic heterocycles. The number of carbonyl (C=O) groups excluding carboxylic acids is 1. The molecule has 6 nitrogen and oxygen atoms in total. The minimum atomic E-state index is -1.03. The first-order valence-electron chi connectivity index (χ1n) is 7.43. The third-order valence-corrected chi connectivity index (χ3v) is 3.57. The van der Waals surface area contributed by atoms with E-state index in [4.69, 9.17) is 9.84 Å². The van der Waals surface area contributed by atoms with Gasteiger partial charge in [-0.05, 0) is 45.7 Å². The van der Waals surface area contributed by atoms with Crippen LogP contribution in [0, 0.1) is 5.92 Å². The third kappa shape index (κ3) is 4.19. The summed E-state index contributed by atoms with van der Waals surface area (Å²) in [6.45, 7) is 7.08. The van der Waals surface area contributed by atoms with Gasteiger partial charge in [-0.15, -0.1) is 0 Å². The van der Waals surface area contributed by atoms with Crippen molar-refractivity contribution in [3.63, 3.8) is 0 Å². The van der Waals surface area contributed by atoms with Crippen molar-refractivity contribution in [2.45, 2.75) is 39.2 Å². The quantitative estimate of drug-likeness (QED) is 0.863. The lowest BCUT2D eigenvalue weighted by molar-refractivity contribution is -0.160. The van der Waals surface area contributed by atoms with Gasteiger partial charge in [-0.1, -0.05) is 0 Å². The van der Waals surface area contributed by atoms with Crippen LogP contribution in [-0.4, -0.2) is 40.7 Å². The third-order valence-electron chi connectivity index (χ3n) is 3.57. The Morgan fingerprint density at radius 3 is 2.36 bits per heavy atom. The van der Waals surface area contributed by atoms with Crippen molar-refractivity contribution in [1.29, 1.82) is 0 Å². The average molecular weight is 306 g/mol. The van der Waals surface area contributed by atoms with E-state index in [-0.39, 0.29) is 17.6 Å². The highest BCUT2D eigenvalue weighted by Crippen LogP contribution is 2.25. The summed E-state index contributed by atoms with van der Waals surface area (Å²) < 4.78 is 5.43. The summed E-state index contributed by atoms with van der Waals surface area (Å²) in [5.41, 5.74) is 0.463. The fourth-order valence-corrected chi connectivity index (χ4v) is 2.46. The number of hydrogen-bond donors (Lipinski definition) is 1. The van der Waals surface area contributed by atoms with Gasteiger partial charge < -0.3 is 14.7 Å². The fraction of sp³-hybridized carbons (Fsp3) is 0.562. The maximum atomic E-state index is 12.1. The van der Waals surface area contributed by atoms with Crippen LogP contribution in [0.2, 0.25) is 0 Å². The van der Waals surface area contributed by atoms with Crippen molar-refractivity contribution in [1.82, 2.24) is 4.98 Å². The molecule has 1 N–H and O–H groups in total. The van der Waals surface area contributed by atoms with Crippen LogP contribution in [0.15, 0.2) is 18.3 Å². The summed E-state index contributed by atoms with van der Waals surface area (Å²) in [5, 5.41) is 8.85. The number of hydrogen-bond acceptors (Lipinski definition) is 5. The SMILES string of the molecule is CC(C)(C)OC(=O)C1CCN(c2ccc(C(=O)O)nc2)CC1. The maximum Gasteiger partial charge on any atom is 0.354 e. The van der Waals surface area contributed by atoms with Crippen molar-refractivity contribution >= 4 is 17.6 Å². The molecule has 0 aromatic carbocycles. The van der Waals surface area contributed by atoms with Gasteiger partial charge in [0.15, 0.2) is 0 Å². The number of esters is 1. The minimum absolute atomic E-state index is 0.0346. The number of pyridine rings is 1. The fourth-order valence-electron chi connectivity index (χ4n) is 2.46. The van der Waals surface area contributed by atoms with Crippen molar-refractivity contribution < 1.29 is 19.4 Å². The summed E-state index contributed by atoms with van der Waals surface area (Å²) in [6.07, 6.45) is 3.03. The summed E-state index contributed by atoms with van der Waals surface area (Å²) in [4.78, 5) is 28.9. The molecule has 1 aliphatic heterocycles. The summed E-state index contributed by atoms with van der Waals surface area (Å²) in [7, 11) is 0. The zero-order valence-electron chi connectivity index (χ0n) is 13.2. The zero-order chi connectivity index (χ0) is 16.3. The van der Waals surface area contributed by atoms with Crippen LogP contribution in [0.3, 0.4) is 0 Å². The predicted octanol–water partition coefficient (Wildman–Crippen LogP) is 2.34. The van der Waals surface area contributed by atoms with Crippen molar-refractivity contribution in [3.8, 4) is 0 Å². The lowest BCUT2D eigenvalue weighted by Crippen LogP contribution is -2.38. The molecule has 1 aliphatic rings. The standard InChI is InChI=1S/C16H22N2O4/c1-16(2,3)22-15(21)11-6-8-18(9-7-11)12-4-5-13(14(19)20)17-10-12/h4-5,10-11H,6-9H2,1-3H3,(H,19,20). The van der Waals surface area contributed by atoms with Gasteiger partial charge in [0.25, 0.3) is 0 Å². The molecule has 2 heterocycles. The van der Waals surface area contributed by atoms with Gasteiger partial charge in [0.2, 0.25) is 0 Å². The second kappa shape index (κ2) is 6.34. The number of piperidine rings is 1. The first-order valence-corrected chi connectivity index (χ1v) is 7.43. The van der Waals surface area contributed by atoms with Gasteiger partial charge in [0.05, 0.1) is 17.8 Å². The van der Waals surface area contributed by atoms with E-state index in [1.54, 1.807) is 12.3 Å². The minimum Gasteiger partial charge on any atom is -0.477 e. The molecule has 0 unspecified atom stereocenters. The largest absolute Gasteiger partial charge is 0.477 e. The van der Waals surface area contributed by atoms with Crippen LogP contribution in [0.25, 0.3) is 0 Å². The van der Waals surface area contributed by atoms with Crippen LogP contribution in [0.1, 0.15) is 44.1 Å². The number of aromatic nitrogens is 1. The second-order valence-electron chi connectivity index (χ2n) is 6.50. The smallest absolute Gasteiger partial charge is 0.354 e. The molecule has 0 radical (unpaired) electrons. The van der Waals surface area contributed by atoms with E-state index in [2.05, 4.69) is 9.88 Å². The number of carboxylic acid groups (broad SMARTS) is 1. The molecule has 0 amide bonds. The van der Waals surface area contributed by atoms with E-state index < -0.39 is 11.6 Å². The van der Waals surface area contributed by atoms with Gasteiger partial charge in [0.1, 0.15) is 11.3 Å². The maximum absolute atomic E-state index is 12.1. The Hall–Kier alpha value is -2.11. The van der Waals surface area contributed by atoms with E-state index in [9.17, 15) is 9.59 Å².